The molecule has 2 aromatic carbocycles. The highest BCUT2D eigenvalue weighted by molar-refractivity contribution is 7.99. The lowest BCUT2D eigenvalue weighted by Gasteiger charge is -2.31. The Kier molecular flexibility index (Phi) is 8.80. The molecule has 0 unspecified atom stereocenters. The van der Waals surface area contributed by atoms with E-state index in [-0.39, 0.29) is 17.4 Å². The minimum absolute atomic E-state index is 0.0539. The van der Waals surface area contributed by atoms with Crippen LogP contribution in [-0.2, 0) is 21.9 Å². The molecule has 2 rings (SSSR count). The third-order valence-electron chi connectivity index (χ3n) is 4.65. The molecule has 2 aromatic rings. The maximum atomic E-state index is 13.1. The van der Waals surface area contributed by atoms with Crippen molar-refractivity contribution in [3.8, 4) is 0 Å². The van der Waals surface area contributed by atoms with Gasteiger partial charge in [0.15, 0.2) is 0 Å². The minimum Gasteiger partial charge on any atom is -0.350 e. The van der Waals surface area contributed by atoms with Gasteiger partial charge in [0.25, 0.3) is 0 Å². The smallest absolute Gasteiger partial charge is 0.242 e. The van der Waals surface area contributed by atoms with Crippen molar-refractivity contribution in [3.63, 3.8) is 0 Å². The van der Waals surface area contributed by atoms with Crippen LogP contribution < -0.4 is 5.32 Å². The molecule has 0 aliphatic heterocycles. The number of hydrogen-bond donors (Lipinski definition) is 1. The van der Waals surface area contributed by atoms with Crippen molar-refractivity contribution in [1.82, 2.24) is 10.2 Å². The van der Waals surface area contributed by atoms with Gasteiger partial charge >= 0.3 is 0 Å². The van der Waals surface area contributed by atoms with E-state index in [0.717, 1.165) is 16.7 Å². The Morgan fingerprint density at radius 2 is 1.83 bits per heavy atom. The number of rotatable bonds is 8. The van der Waals surface area contributed by atoms with Crippen molar-refractivity contribution in [1.29, 1.82) is 0 Å². The third kappa shape index (κ3) is 7.69. The minimum atomic E-state index is -0.567. The highest BCUT2D eigenvalue weighted by Crippen LogP contribution is 2.19. The summed E-state index contributed by atoms with van der Waals surface area (Å²) in [6.45, 7) is 10.0. The summed E-state index contributed by atoms with van der Waals surface area (Å²) < 4.78 is 0. The Hall–Kier alpha value is -1.98. The average molecular weight is 447 g/mol. The van der Waals surface area contributed by atoms with Gasteiger partial charge in [-0.25, -0.2) is 0 Å². The normalized spacial score (nSPS) is 12.3. The number of carbonyl (C=O) groups excluding carboxylic acids is 2. The zero-order chi connectivity index (χ0) is 22.3. The van der Waals surface area contributed by atoms with E-state index < -0.39 is 6.04 Å². The van der Waals surface area contributed by atoms with Crippen LogP contribution in [0.5, 0.6) is 0 Å². The quantitative estimate of drug-likeness (QED) is 0.605. The number of amides is 2. The molecular weight excluding hydrogens is 416 g/mol. The number of thioether (sulfide) groups is 1. The highest BCUT2D eigenvalue weighted by atomic mass is 35.5. The molecule has 1 atom stereocenters. The van der Waals surface area contributed by atoms with Gasteiger partial charge in [-0.2, -0.15) is 0 Å². The van der Waals surface area contributed by atoms with E-state index >= 15 is 0 Å². The summed E-state index contributed by atoms with van der Waals surface area (Å²) in [4.78, 5) is 27.6. The molecule has 0 saturated heterocycles. The van der Waals surface area contributed by atoms with Gasteiger partial charge in [0, 0.05) is 22.9 Å². The van der Waals surface area contributed by atoms with Gasteiger partial charge in [-0.05, 0) is 63.4 Å². The second-order valence-corrected chi connectivity index (χ2v) is 9.91. The van der Waals surface area contributed by atoms with Gasteiger partial charge < -0.3 is 10.2 Å². The Morgan fingerprint density at radius 3 is 2.47 bits per heavy atom. The molecule has 2 amide bonds. The second-order valence-electron chi connectivity index (χ2n) is 8.49. The molecule has 162 valence electrons. The maximum absolute atomic E-state index is 13.1. The molecule has 0 bridgehead atoms. The van der Waals surface area contributed by atoms with E-state index in [0.29, 0.717) is 23.1 Å². The summed E-state index contributed by atoms with van der Waals surface area (Å²) in [6, 6.07) is 15.0. The first kappa shape index (κ1) is 24.3. The fourth-order valence-corrected chi connectivity index (χ4v) is 4.06. The lowest BCUT2D eigenvalue weighted by atomic mass is 10.1. The van der Waals surface area contributed by atoms with Crippen LogP contribution in [0.1, 0.15) is 44.4 Å². The predicted octanol–water partition coefficient (Wildman–Crippen LogP) is 5.21. The molecule has 0 radical (unpaired) electrons. The van der Waals surface area contributed by atoms with E-state index in [1.807, 2.05) is 76.2 Å². The summed E-state index contributed by atoms with van der Waals surface area (Å²) in [5.74, 6) is 0.782. The molecule has 6 heteroatoms. The van der Waals surface area contributed by atoms with Gasteiger partial charge in [-0.3, -0.25) is 9.59 Å². The van der Waals surface area contributed by atoms with E-state index in [2.05, 4.69) is 5.32 Å². The molecule has 30 heavy (non-hydrogen) atoms. The first-order chi connectivity index (χ1) is 14.1. The number of hydrogen-bond acceptors (Lipinski definition) is 3. The van der Waals surface area contributed by atoms with Crippen molar-refractivity contribution in [3.05, 3.63) is 70.2 Å². The van der Waals surface area contributed by atoms with Crippen molar-refractivity contribution in [2.75, 3.05) is 5.75 Å². The molecule has 0 aromatic heterocycles. The summed E-state index contributed by atoms with van der Waals surface area (Å²) in [7, 11) is 0. The molecular formula is C24H31ClN2O2S. The number of nitrogens with one attached hydrogen (secondary N) is 1. The van der Waals surface area contributed by atoms with E-state index in [4.69, 9.17) is 11.6 Å². The van der Waals surface area contributed by atoms with Crippen LogP contribution >= 0.6 is 23.4 Å². The summed E-state index contributed by atoms with van der Waals surface area (Å²) in [5.41, 5.74) is 2.86. The topological polar surface area (TPSA) is 49.4 Å². The van der Waals surface area contributed by atoms with Crippen LogP contribution in [0.25, 0.3) is 0 Å². The number of nitrogens with zero attached hydrogens (tertiary/aromatic N) is 1. The summed E-state index contributed by atoms with van der Waals surface area (Å²) in [5, 5.41) is 3.68. The SMILES string of the molecule is Cc1ccccc1CN(C(=O)CSCc1cccc(Cl)c1)[C@H](C)C(=O)NC(C)(C)C. The Labute approximate surface area is 189 Å². The van der Waals surface area contributed by atoms with Crippen LogP contribution in [0.4, 0.5) is 0 Å². The number of benzene rings is 2. The Morgan fingerprint density at radius 1 is 1.13 bits per heavy atom. The Balaban J connectivity index is 2.11. The standard InChI is InChI=1S/C24H31ClN2O2S/c1-17-9-6-7-11-20(17)14-27(18(2)23(29)26-24(3,4)5)22(28)16-30-15-19-10-8-12-21(25)13-19/h6-13,18H,14-16H2,1-5H3,(H,26,29)/t18-/m1/s1. The van der Waals surface area contributed by atoms with Gasteiger partial charge in [0.05, 0.1) is 5.75 Å². The number of halogens is 1. The largest absolute Gasteiger partial charge is 0.350 e. The second kappa shape index (κ2) is 10.9. The van der Waals surface area contributed by atoms with Gasteiger partial charge in [0.1, 0.15) is 6.04 Å². The van der Waals surface area contributed by atoms with E-state index in [1.54, 1.807) is 11.8 Å². The number of aryl methyl sites for hydroxylation is 1. The van der Waals surface area contributed by atoms with Crippen LogP contribution in [0.15, 0.2) is 48.5 Å². The van der Waals surface area contributed by atoms with E-state index in [9.17, 15) is 9.59 Å². The van der Waals surface area contributed by atoms with Crippen LogP contribution in [0, 0.1) is 6.92 Å². The molecule has 4 nitrogen and oxygen atoms in total. The van der Waals surface area contributed by atoms with Crippen molar-refractivity contribution in [2.24, 2.45) is 0 Å². The highest BCUT2D eigenvalue weighted by Gasteiger charge is 2.28. The first-order valence-electron chi connectivity index (χ1n) is 10.0. The van der Waals surface area contributed by atoms with Crippen LogP contribution in [0.3, 0.4) is 0 Å². The van der Waals surface area contributed by atoms with Gasteiger partial charge in [0.2, 0.25) is 11.8 Å². The molecule has 0 spiro atoms. The van der Waals surface area contributed by atoms with Crippen LogP contribution in [-0.4, -0.2) is 34.0 Å². The lowest BCUT2D eigenvalue weighted by Crippen LogP contribution is -2.52. The average Bonchev–Trinajstić information content (AvgIpc) is 2.65. The molecule has 0 aliphatic carbocycles. The lowest BCUT2D eigenvalue weighted by molar-refractivity contribution is -0.139. The summed E-state index contributed by atoms with van der Waals surface area (Å²) >= 11 is 7.57. The maximum Gasteiger partial charge on any atom is 0.242 e. The summed E-state index contributed by atoms with van der Waals surface area (Å²) in [6.07, 6.45) is 0. The number of carbonyl (C=O) groups is 2. The molecule has 0 saturated carbocycles. The van der Waals surface area contributed by atoms with Crippen molar-refractivity contribution < 1.29 is 9.59 Å². The Bertz CT molecular complexity index is 880. The van der Waals surface area contributed by atoms with Crippen molar-refractivity contribution >= 4 is 35.2 Å². The van der Waals surface area contributed by atoms with Gasteiger partial charge in [-0.1, -0.05) is 48.0 Å². The molecule has 1 N–H and O–H groups in total. The zero-order valence-electron chi connectivity index (χ0n) is 18.4. The fourth-order valence-electron chi connectivity index (χ4n) is 2.99. The molecule has 0 aliphatic rings. The molecule has 0 fully saturated rings. The third-order valence-corrected chi connectivity index (χ3v) is 5.87. The fraction of sp³-hybridized carbons (Fsp3) is 0.417. The first-order valence-corrected chi connectivity index (χ1v) is 11.6. The zero-order valence-corrected chi connectivity index (χ0v) is 19.9. The predicted molar refractivity (Wildman–Crippen MR) is 127 cm³/mol. The monoisotopic (exact) mass is 446 g/mol. The van der Waals surface area contributed by atoms with Crippen LogP contribution in [0.2, 0.25) is 5.02 Å². The molecule has 0 heterocycles. The van der Waals surface area contributed by atoms with E-state index in [1.165, 1.54) is 11.8 Å². The van der Waals surface area contributed by atoms with Gasteiger partial charge in [-0.15, -0.1) is 11.8 Å². The van der Waals surface area contributed by atoms with Crippen molar-refractivity contribution in [2.45, 2.75) is 58.5 Å².